The minimum Gasteiger partial charge on any atom is -0.508 e. The lowest BCUT2D eigenvalue weighted by Crippen LogP contribution is -1.95. The van der Waals surface area contributed by atoms with Crippen molar-refractivity contribution in [2.75, 3.05) is 5.32 Å². The SMILES string of the molecule is Cc1ccc(-c2cc(Nc3ccc(O)cc3)c3ccccc3n2)cc1. The Labute approximate surface area is 146 Å². The fraction of sp³-hybridized carbons (Fsp3) is 0.0455. The van der Waals surface area contributed by atoms with Crippen LogP contribution in [0.2, 0.25) is 0 Å². The van der Waals surface area contributed by atoms with Gasteiger partial charge in [-0.1, -0.05) is 48.0 Å². The number of hydrogen-bond acceptors (Lipinski definition) is 3. The number of pyridine rings is 1. The molecule has 0 fully saturated rings. The van der Waals surface area contributed by atoms with Crippen LogP contribution in [0.5, 0.6) is 5.75 Å². The number of aryl methyl sites for hydroxylation is 1. The Morgan fingerprint density at radius 2 is 1.56 bits per heavy atom. The van der Waals surface area contributed by atoms with E-state index in [1.165, 1.54) is 5.56 Å². The van der Waals surface area contributed by atoms with Gasteiger partial charge in [-0.25, -0.2) is 4.98 Å². The van der Waals surface area contributed by atoms with Gasteiger partial charge in [0.15, 0.2) is 0 Å². The normalized spacial score (nSPS) is 10.8. The number of nitrogens with zero attached hydrogens (tertiary/aromatic N) is 1. The van der Waals surface area contributed by atoms with Crippen LogP contribution in [0.15, 0.2) is 78.9 Å². The van der Waals surface area contributed by atoms with Gasteiger partial charge in [0.2, 0.25) is 0 Å². The maximum absolute atomic E-state index is 9.47. The van der Waals surface area contributed by atoms with Crippen molar-refractivity contribution < 1.29 is 5.11 Å². The molecule has 4 rings (SSSR count). The highest BCUT2D eigenvalue weighted by Crippen LogP contribution is 2.31. The summed E-state index contributed by atoms with van der Waals surface area (Å²) in [5.41, 5.74) is 6.11. The van der Waals surface area contributed by atoms with Crippen LogP contribution < -0.4 is 5.32 Å². The van der Waals surface area contributed by atoms with Crippen molar-refractivity contribution in [2.24, 2.45) is 0 Å². The smallest absolute Gasteiger partial charge is 0.115 e. The first-order valence-electron chi connectivity index (χ1n) is 8.22. The quantitative estimate of drug-likeness (QED) is 0.477. The minimum atomic E-state index is 0.255. The Balaban J connectivity index is 1.83. The molecule has 0 unspecified atom stereocenters. The molecule has 0 aliphatic heterocycles. The fourth-order valence-electron chi connectivity index (χ4n) is 2.85. The number of rotatable bonds is 3. The fourth-order valence-corrected chi connectivity index (χ4v) is 2.85. The third-order valence-corrected chi connectivity index (χ3v) is 4.21. The van der Waals surface area contributed by atoms with Crippen LogP contribution in [0.4, 0.5) is 11.4 Å². The summed E-state index contributed by atoms with van der Waals surface area (Å²) in [6.45, 7) is 2.08. The number of hydrogen-bond donors (Lipinski definition) is 2. The van der Waals surface area contributed by atoms with E-state index >= 15 is 0 Å². The van der Waals surface area contributed by atoms with Crippen molar-refractivity contribution in [3.8, 4) is 17.0 Å². The summed E-state index contributed by atoms with van der Waals surface area (Å²) in [7, 11) is 0. The molecule has 0 bridgehead atoms. The molecule has 25 heavy (non-hydrogen) atoms. The zero-order valence-electron chi connectivity index (χ0n) is 13.9. The van der Waals surface area contributed by atoms with E-state index in [1.807, 2.05) is 30.3 Å². The number of benzene rings is 3. The van der Waals surface area contributed by atoms with Crippen molar-refractivity contribution in [3.05, 3.63) is 84.4 Å². The lowest BCUT2D eigenvalue weighted by molar-refractivity contribution is 0.475. The molecule has 3 nitrogen and oxygen atoms in total. The van der Waals surface area contributed by atoms with Gasteiger partial charge in [0.05, 0.1) is 16.9 Å². The summed E-state index contributed by atoms with van der Waals surface area (Å²) < 4.78 is 0. The van der Waals surface area contributed by atoms with E-state index in [-0.39, 0.29) is 5.75 Å². The van der Waals surface area contributed by atoms with Gasteiger partial charge < -0.3 is 10.4 Å². The number of para-hydroxylation sites is 1. The van der Waals surface area contributed by atoms with Gasteiger partial charge in [0.25, 0.3) is 0 Å². The van der Waals surface area contributed by atoms with Gasteiger partial charge in [-0.15, -0.1) is 0 Å². The molecule has 1 heterocycles. The molecule has 0 spiro atoms. The first kappa shape index (κ1) is 15.2. The monoisotopic (exact) mass is 326 g/mol. The van der Waals surface area contributed by atoms with E-state index in [4.69, 9.17) is 4.98 Å². The predicted molar refractivity (Wildman–Crippen MR) is 103 cm³/mol. The molecule has 0 radical (unpaired) electrons. The van der Waals surface area contributed by atoms with Crippen LogP contribution in [0, 0.1) is 6.92 Å². The Morgan fingerprint density at radius 3 is 2.32 bits per heavy atom. The number of aromatic nitrogens is 1. The first-order chi connectivity index (χ1) is 12.2. The lowest BCUT2D eigenvalue weighted by Gasteiger charge is -2.12. The van der Waals surface area contributed by atoms with E-state index in [2.05, 4.69) is 48.6 Å². The second-order valence-electron chi connectivity index (χ2n) is 6.11. The summed E-state index contributed by atoms with van der Waals surface area (Å²) in [5, 5.41) is 14.0. The number of aromatic hydroxyl groups is 1. The molecular formula is C22H18N2O. The van der Waals surface area contributed by atoms with Gasteiger partial charge in [-0.2, -0.15) is 0 Å². The number of phenolic OH excluding ortho intramolecular Hbond substituents is 1. The van der Waals surface area contributed by atoms with Crippen LogP contribution in [0.25, 0.3) is 22.2 Å². The van der Waals surface area contributed by atoms with Crippen LogP contribution in [0.1, 0.15) is 5.56 Å². The zero-order chi connectivity index (χ0) is 17.2. The highest BCUT2D eigenvalue weighted by Gasteiger charge is 2.08. The Hall–Kier alpha value is -3.33. The third-order valence-electron chi connectivity index (χ3n) is 4.21. The minimum absolute atomic E-state index is 0.255. The van der Waals surface area contributed by atoms with Crippen molar-refractivity contribution in [1.82, 2.24) is 4.98 Å². The molecule has 1 aromatic heterocycles. The molecule has 0 aliphatic carbocycles. The molecule has 3 heteroatoms. The Bertz CT molecular complexity index is 1020. The molecule has 4 aromatic rings. The average Bonchev–Trinajstić information content (AvgIpc) is 2.64. The van der Waals surface area contributed by atoms with Crippen LogP contribution in [-0.2, 0) is 0 Å². The second kappa shape index (κ2) is 6.29. The zero-order valence-corrected chi connectivity index (χ0v) is 13.9. The van der Waals surface area contributed by atoms with E-state index in [0.29, 0.717) is 0 Å². The van der Waals surface area contributed by atoms with Crippen molar-refractivity contribution in [3.63, 3.8) is 0 Å². The van der Waals surface area contributed by atoms with Gasteiger partial charge in [0, 0.05) is 16.6 Å². The highest BCUT2D eigenvalue weighted by molar-refractivity contribution is 5.95. The van der Waals surface area contributed by atoms with Crippen molar-refractivity contribution in [2.45, 2.75) is 6.92 Å². The molecule has 0 saturated heterocycles. The van der Waals surface area contributed by atoms with Crippen molar-refractivity contribution in [1.29, 1.82) is 0 Å². The molecule has 2 N–H and O–H groups in total. The maximum Gasteiger partial charge on any atom is 0.115 e. The number of phenols is 1. The number of fused-ring (bicyclic) bond motifs is 1. The molecular weight excluding hydrogens is 308 g/mol. The van der Waals surface area contributed by atoms with E-state index in [1.54, 1.807) is 12.1 Å². The lowest BCUT2D eigenvalue weighted by atomic mass is 10.1. The van der Waals surface area contributed by atoms with Gasteiger partial charge >= 0.3 is 0 Å². The van der Waals surface area contributed by atoms with E-state index < -0.39 is 0 Å². The molecule has 0 saturated carbocycles. The predicted octanol–water partition coefficient (Wildman–Crippen LogP) is 5.66. The second-order valence-corrected chi connectivity index (χ2v) is 6.11. The maximum atomic E-state index is 9.47. The van der Waals surface area contributed by atoms with Crippen LogP contribution >= 0.6 is 0 Å². The molecule has 0 amide bonds. The first-order valence-corrected chi connectivity index (χ1v) is 8.22. The average molecular weight is 326 g/mol. The van der Waals surface area contributed by atoms with Crippen LogP contribution in [-0.4, -0.2) is 10.1 Å². The Kier molecular flexibility index (Phi) is 3.82. The van der Waals surface area contributed by atoms with E-state index in [0.717, 1.165) is 33.5 Å². The summed E-state index contributed by atoms with van der Waals surface area (Å²) in [6, 6.07) is 25.6. The van der Waals surface area contributed by atoms with Gasteiger partial charge in [-0.05, 0) is 43.3 Å². The summed E-state index contributed by atoms with van der Waals surface area (Å²) >= 11 is 0. The topological polar surface area (TPSA) is 45.1 Å². The number of nitrogens with one attached hydrogen (secondary N) is 1. The molecule has 122 valence electrons. The van der Waals surface area contributed by atoms with E-state index in [9.17, 15) is 5.11 Å². The standard InChI is InChI=1S/C22H18N2O/c1-15-6-8-16(9-7-15)21-14-22(19-4-2-3-5-20(19)24-21)23-17-10-12-18(25)13-11-17/h2-14,25H,1H3,(H,23,24). The summed E-state index contributed by atoms with van der Waals surface area (Å²) in [6.07, 6.45) is 0. The highest BCUT2D eigenvalue weighted by atomic mass is 16.3. The largest absolute Gasteiger partial charge is 0.508 e. The molecule has 3 aromatic carbocycles. The molecule has 0 atom stereocenters. The summed E-state index contributed by atoms with van der Waals surface area (Å²) in [5.74, 6) is 0.255. The van der Waals surface area contributed by atoms with Gasteiger partial charge in [-0.3, -0.25) is 0 Å². The molecule has 0 aliphatic rings. The van der Waals surface area contributed by atoms with Crippen LogP contribution in [0.3, 0.4) is 0 Å². The van der Waals surface area contributed by atoms with Gasteiger partial charge in [0.1, 0.15) is 5.75 Å². The number of anilines is 2. The third kappa shape index (κ3) is 3.17. The summed E-state index contributed by atoms with van der Waals surface area (Å²) in [4.78, 5) is 4.81. The Morgan fingerprint density at radius 1 is 0.840 bits per heavy atom. The van der Waals surface area contributed by atoms with Crippen molar-refractivity contribution >= 4 is 22.3 Å².